The average Bonchev–Trinajstić information content (AvgIpc) is 3.35. The van der Waals surface area contributed by atoms with Gasteiger partial charge in [-0.3, -0.25) is 4.79 Å². The Bertz CT molecular complexity index is 1110. The van der Waals surface area contributed by atoms with Crippen molar-refractivity contribution in [2.24, 2.45) is 17.3 Å². The molecule has 0 radical (unpaired) electrons. The number of hydrogen-bond acceptors (Lipinski definition) is 3. The number of rotatable bonds is 19. The molecule has 1 N–H and O–H groups in total. The third-order valence-corrected chi connectivity index (χ3v) is 8.79. The van der Waals surface area contributed by atoms with Crippen LogP contribution in [0.2, 0.25) is 0 Å². The summed E-state index contributed by atoms with van der Waals surface area (Å²) in [4.78, 5) is 12.2. The van der Waals surface area contributed by atoms with Crippen molar-refractivity contribution >= 4 is 5.91 Å². The summed E-state index contributed by atoms with van der Waals surface area (Å²) in [5.41, 5.74) is 7.42. The number of methoxy groups -OCH3 is 1. The molecule has 4 heteroatoms. The summed E-state index contributed by atoms with van der Waals surface area (Å²) in [7, 11) is 1.71. The fourth-order valence-electron chi connectivity index (χ4n) is 5.50. The van der Waals surface area contributed by atoms with Crippen LogP contribution in [0.5, 0.6) is 5.75 Å². The monoisotopic (exact) mass is 605 g/mol. The normalized spacial score (nSPS) is 18.2. The fourth-order valence-corrected chi connectivity index (χ4v) is 5.50. The molecular formula is C40H63NO3. The summed E-state index contributed by atoms with van der Waals surface area (Å²) >= 11 is 0. The lowest BCUT2D eigenvalue weighted by Gasteiger charge is -2.13. The van der Waals surface area contributed by atoms with Crippen molar-refractivity contribution < 1.29 is 14.3 Å². The third-order valence-electron chi connectivity index (χ3n) is 8.79. The van der Waals surface area contributed by atoms with Gasteiger partial charge in [-0.05, 0) is 88.3 Å². The maximum Gasteiger partial charge on any atom is 0.223 e. The Labute approximate surface area is 270 Å². The van der Waals surface area contributed by atoms with Crippen LogP contribution in [-0.2, 0) is 16.0 Å². The van der Waals surface area contributed by atoms with Crippen LogP contribution in [0.25, 0.3) is 0 Å². The molecule has 0 heterocycles. The number of unbranched alkanes of at least 4 members (excludes halogenated alkanes) is 2. The van der Waals surface area contributed by atoms with Gasteiger partial charge in [0.15, 0.2) is 0 Å². The standard InChI is InChI=1S/C25H39NO3.C13H18.C2H6/c1-6-20(2)11-10-12-22(4)29-24-15-13-23(14-16-24)19-21(3)25(27)26-17-8-7-9-18-28-5;1-9(2)5-6-11-7-8-12-10(3)13(11,12)4;1-2/h13-16,21H,2,4,6-12,17-19H2,1,3,5H3,(H,26,27);7-8,10H,1,5-6H2,2-4H3;1-2H3. The van der Waals surface area contributed by atoms with Crippen molar-refractivity contribution in [1.82, 2.24) is 5.32 Å². The first-order valence-electron chi connectivity index (χ1n) is 17.0. The molecule has 2 aliphatic rings. The first kappa shape index (κ1) is 39.2. The van der Waals surface area contributed by atoms with Crippen molar-refractivity contribution in [2.45, 2.75) is 113 Å². The van der Waals surface area contributed by atoms with Gasteiger partial charge in [0.05, 0.1) is 5.76 Å². The molecule has 0 aliphatic heterocycles. The molecule has 1 saturated carbocycles. The van der Waals surface area contributed by atoms with Gasteiger partial charge in [0.1, 0.15) is 5.75 Å². The van der Waals surface area contributed by atoms with Crippen LogP contribution in [0.4, 0.5) is 0 Å². The SMILES string of the molecule is C=C(C)CCC1=CC=C2C(C)C12C.C=C(CC)CCCC(=C)Oc1ccc(CC(C)C(=O)NCCCCCOC)cc1.CC. The van der Waals surface area contributed by atoms with E-state index in [4.69, 9.17) is 9.47 Å². The summed E-state index contributed by atoms with van der Waals surface area (Å²) in [5, 5.41) is 3.03. The lowest BCUT2D eigenvalue weighted by Crippen LogP contribution is -2.31. The highest BCUT2D eigenvalue weighted by atomic mass is 16.5. The molecule has 4 nitrogen and oxygen atoms in total. The van der Waals surface area contributed by atoms with Crippen LogP contribution in [-0.4, -0.2) is 26.2 Å². The summed E-state index contributed by atoms with van der Waals surface area (Å²) in [6, 6.07) is 7.95. The van der Waals surface area contributed by atoms with E-state index in [1.165, 1.54) is 17.6 Å². The number of allylic oxidation sites excluding steroid dienone is 7. The van der Waals surface area contributed by atoms with E-state index in [-0.39, 0.29) is 11.8 Å². The Kier molecular flexibility index (Phi) is 18.7. The summed E-state index contributed by atoms with van der Waals surface area (Å²) in [6.45, 7) is 28.4. The zero-order chi connectivity index (χ0) is 33.1. The van der Waals surface area contributed by atoms with E-state index >= 15 is 0 Å². The molecule has 1 amide bonds. The molecule has 0 aromatic heterocycles. The topological polar surface area (TPSA) is 47.6 Å². The molecule has 44 heavy (non-hydrogen) atoms. The second-order valence-corrected chi connectivity index (χ2v) is 12.4. The highest BCUT2D eigenvalue weighted by Gasteiger charge is 2.56. The van der Waals surface area contributed by atoms with E-state index in [0.717, 1.165) is 93.9 Å². The molecule has 1 fully saturated rings. The second kappa shape index (κ2) is 21.0. The van der Waals surface area contributed by atoms with Gasteiger partial charge < -0.3 is 14.8 Å². The van der Waals surface area contributed by atoms with Crippen molar-refractivity contribution in [2.75, 3.05) is 20.3 Å². The highest BCUT2D eigenvalue weighted by Crippen LogP contribution is 2.66. The van der Waals surface area contributed by atoms with E-state index in [0.29, 0.717) is 5.41 Å². The Hall–Kier alpha value is -2.85. The highest BCUT2D eigenvalue weighted by molar-refractivity contribution is 5.78. The van der Waals surface area contributed by atoms with Gasteiger partial charge in [0.2, 0.25) is 5.91 Å². The molecule has 3 atom stereocenters. The van der Waals surface area contributed by atoms with Crippen LogP contribution >= 0.6 is 0 Å². The lowest BCUT2D eigenvalue weighted by atomic mass is 9.92. The molecule has 2 aliphatic carbocycles. The van der Waals surface area contributed by atoms with Crippen molar-refractivity contribution in [3.05, 3.63) is 89.8 Å². The molecule has 1 aromatic rings. The molecule has 0 spiro atoms. The Balaban J connectivity index is 0.000000530. The van der Waals surface area contributed by atoms with Crippen LogP contribution in [0, 0.1) is 17.3 Å². The first-order chi connectivity index (χ1) is 21.0. The largest absolute Gasteiger partial charge is 0.462 e. The molecular weight excluding hydrogens is 542 g/mol. The molecule has 1 aromatic carbocycles. The van der Waals surface area contributed by atoms with Gasteiger partial charge in [-0.15, -0.1) is 6.58 Å². The fraction of sp³-hybridized carbons (Fsp3) is 0.575. The van der Waals surface area contributed by atoms with Crippen molar-refractivity contribution in [3.8, 4) is 5.75 Å². The molecule has 0 saturated heterocycles. The predicted octanol–water partition coefficient (Wildman–Crippen LogP) is 10.7. The number of carbonyl (C=O) groups is 1. The Morgan fingerprint density at radius 3 is 2.25 bits per heavy atom. The number of ether oxygens (including phenoxy) is 2. The van der Waals surface area contributed by atoms with Gasteiger partial charge in [-0.2, -0.15) is 0 Å². The zero-order valence-electron chi connectivity index (χ0n) is 29.5. The van der Waals surface area contributed by atoms with E-state index in [2.05, 4.69) is 64.9 Å². The molecule has 3 unspecified atom stereocenters. The second-order valence-electron chi connectivity index (χ2n) is 12.4. The van der Waals surface area contributed by atoms with E-state index in [1.807, 2.05) is 45.0 Å². The number of hydrogen-bond donors (Lipinski definition) is 1. The van der Waals surface area contributed by atoms with Crippen LogP contribution in [0.3, 0.4) is 0 Å². The zero-order valence-corrected chi connectivity index (χ0v) is 29.5. The Morgan fingerprint density at radius 2 is 1.68 bits per heavy atom. The summed E-state index contributed by atoms with van der Waals surface area (Å²) < 4.78 is 10.8. The lowest BCUT2D eigenvalue weighted by molar-refractivity contribution is -0.124. The van der Waals surface area contributed by atoms with Crippen molar-refractivity contribution in [1.29, 1.82) is 0 Å². The quantitative estimate of drug-likeness (QED) is 0.0969. The maximum absolute atomic E-state index is 12.2. The molecule has 0 bridgehead atoms. The molecule has 3 rings (SSSR count). The number of carbonyl (C=O) groups excluding carboxylic acids is 1. The number of amides is 1. The Morgan fingerprint density at radius 1 is 1.00 bits per heavy atom. The minimum Gasteiger partial charge on any atom is -0.462 e. The maximum atomic E-state index is 12.2. The summed E-state index contributed by atoms with van der Waals surface area (Å²) in [6.07, 6.45) is 14.7. The van der Waals surface area contributed by atoms with Gasteiger partial charge in [-0.1, -0.05) is 101 Å². The predicted molar refractivity (Wildman–Crippen MR) is 190 cm³/mol. The van der Waals surface area contributed by atoms with Gasteiger partial charge >= 0.3 is 0 Å². The summed E-state index contributed by atoms with van der Waals surface area (Å²) in [5.74, 6) is 2.43. The van der Waals surface area contributed by atoms with Crippen molar-refractivity contribution in [3.63, 3.8) is 0 Å². The van der Waals surface area contributed by atoms with E-state index in [1.54, 1.807) is 18.3 Å². The minimum atomic E-state index is -0.0534. The van der Waals surface area contributed by atoms with Crippen LogP contribution in [0.15, 0.2) is 84.2 Å². The van der Waals surface area contributed by atoms with Crippen LogP contribution < -0.4 is 10.1 Å². The number of benzene rings is 1. The number of nitrogens with one attached hydrogen (secondary N) is 1. The third kappa shape index (κ3) is 13.4. The average molecular weight is 606 g/mol. The van der Waals surface area contributed by atoms with Gasteiger partial charge in [0.25, 0.3) is 0 Å². The smallest absolute Gasteiger partial charge is 0.223 e. The van der Waals surface area contributed by atoms with E-state index < -0.39 is 0 Å². The van der Waals surface area contributed by atoms with Gasteiger partial charge in [0, 0.05) is 38.0 Å². The number of fused-ring (bicyclic) bond motifs is 1. The minimum absolute atomic E-state index is 0.0534. The molecule has 246 valence electrons. The van der Waals surface area contributed by atoms with E-state index in [9.17, 15) is 4.79 Å². The van der Waals surface area contributed by atoms with Gasteiger partial charge in [-0.25, -0.2) is 0 Å². The first-order valence-corrected chi connectivity index (χ1v) is 17.0. The van der Waals surface area contributed by atoms with Crippen LogP contribution in [0.1, 0.15) is 112 Å².